The van der Waals surface area contributed by atoms with Gasteiger partial charge in [-0.1, -0.05) is 19.4 Å². The molecule has 0 radical (unpaired) electrons. The zero-order valence-corrected chi connectivity index (χ0v) is 11.9. The molecule has 0 spiro atoms. The van der Waals surface area contributed by atoms with Crippen LogP contribution < -0.4 is 5.32 Å². The summed E-state index contributed by atoms with van der Waals surface area (Å²) in [4.78, 5) is 28.1. The molecule has 2 heterocycles. The molecule has 1 N–H and O–H groups in total. The minimum Gasteiger partial charge on any atom is -0.451 e. The van der Waals surface area contributed by atoms with Crippen LogP contribution >= 0.6 is 0 Å². The number of nitrogens with zero attached hydrogens (tertiary/aromatic N) is 1. The van der Waals surface area contributed by atoms with Gasteiger partial charge in [0.1, 0.15) is 5.82 Å². The first-order valence-electron chi connectivity index (χ1n) is 6.96. The van der Waals surface area contributed by atoms with E-state index in [1.54, 1.807) is 19.2 Å². The van der Waals surface area contributed by atoms with Crippen LogP contribution in [0.1, 0.15) is 33.1 Å². The van der Waals surface area contributed by atoms with Crippen LogP contribution in [0.2, 0.25) is 0 Å². The third-order valence-corrected chi connectivity index (χ3v) is 3.62. The van der Waals surface area contributed by atoms with Crippen LogP contribution in [0.5, 0.6) is 0 Å². The number of esters is 1. The van der Waals surface area contributed by atoms with Gasteiger partial charge in [-0.05, 0) is 25.5 Å². The van der Waals surface area contributed by atoms with Crippen molar-refractivity contribution in [1.82, 2.24) is 4.98 Å². The quantitative estimate of drug-likeness (QED) is 0.807. The molecule has 108 valence electrons. The maximum atomic E-state index is 12.3. The number of carbonyl (C=O) groups excluding carboxylic acids is 2. The SMILES string of the molecule is CCC[C@H]1C[C@](C)(C(=O)CNc2ccccn2)OC1=O. The van der Waals surface area contributed by atoms with Crippen molar-refractivity contribution in [2.24, 2.45) is 5.92 Å². The summed E-state index contributed by atoms with van der Waals surface area (Å²) in [6.45, 7) is 3.83. The van der Waals surface area contributed by atoms with Gasteiger partial charge in [0.05, 0.1) is 12.5 Å². The fourth-order valence-electron chi connectivity index (χ4n) is 2.46. The molecule has 1 aromatic heterocycles. The second-order valence-corrected chi connectivity index (χ2v) is 5.33. The van der Waals surface area contributed by atoms with Crippen LogP contribution in [0.15, 0.2) is 24.4 Å². The number of anilines is 1. The molecule has 20 heavy (non-hydrogen) atoms. The van der Waals surface area contributed by atoms with Crippen molar-refractivity contribution in [1.29, 1.82) is 0 Å². The Morgan fingerprint density at radius 2 is 2.35 bits per heavy atom. The van der Waals surface area contributed by atoms with Crippen molar-refractivity contribution in [3.63, 3.8) is 0 Å². The molecule has 1 aromatic rings. The van der Waals surface area contributed by atoms with Crippen LogP contribution in [0.25, 0.3) is 0 Å². The monoisotopic (exact) mass is 276 g/mol. The van der Waals surface area contributed by atoms with E-state index < -0.39 is 5.60 Å². The minimum absolute atomic E-state index is 0.111. The van der Waals surface area contributed by atoms with Gasteiger partial charge in [-0.3, -0.25) is 9.59 Å². The standard InChI is InChI=1S/C15H20N2O3/c1-3-6-11-9-15(2,20-14(11)19)12(18)10-17-13-7-4-5-8-16-13/h4-5,7-8,11H,3,6,9-10H2,1-2H3,(H,16,17)/t11-,15+/m0/s1. The van der Waals surface area contributed by atoms with Gasteiger partial charge in [0.25, 0.3) is 0 Å². The summed E-state index contributed by atoms with van der Waals surface area (Å²) < 4.78 is 5.32. The summed E-state index contributed by atoms with van der Waals surface area (Å²) in [6, 6.07) is 5.44. The number of hydrogen-bond donors (Lipinski definition) is 1. The maximum Gasteiger partial charge on any atom is 0.310 e. The largest absolute Gasteiger partial charge is 0.451 e. The van der Waals surface area contributed by atoms with Crippen LogP contribution in [0.3, 0.4) is 0 Å². The third kappa shape index (κ3) is 3.15. The molecule has 5 nitrogen and oxygen atoms in total. The fraction of sp³-hybridized carbons (Fsp3) is 0.533. The predicted molar refractivity (Wildman–Crippen MR) is 75.2 cm³/mol. The van der Waals surface area contributed by atoms with Gasteiger partial charge in [0.2, 0.25) is 0 Å². The van der Waals surface area contributed by atoms with Gasteiger partial charge < -0.3 is 10.1 Å². The molecule has 1 aliphatic rings. The number of hydrogen-bond acceptors (Lipinski definition) is 5. The molecule has 0 aliphatic carbocycles. The van der Waals surface area contributed by atoms with Crippen LogP contribution in [-0.4, -0.2) is 28.9 Å². The van der Waals surface area contributed by atoms with E-state index in [9.17, 15) is 9.59 Å². The Morgan fingerprint density at radius 1 is 1.55 bits per heavy atom. The first kappa shape index (κ1) is 14.5. The molecule has 5 heteroatoms. The van der Waals surface area contributed by atoms with E-state index in [1.807, 2.05) is 19.1 Å². The fourth-order valence-corrected chi connectivity index (χ4v) is 2.46. The molecule has 0 saturated carbocycles. The van der Waals surface area contributed by atoms with E-state index in [0.29, 0.717) is 12.2 Å². The van der Waals surface area contributed by atoms with Gasteiger partial charge >= 0.3 is 5.97 Å². The smallest absolute Gasteiger partial charge is 0.310 e. The summed E-state index contributed by atoms with van der Waals surface area (Å²) in [5.41, 5.74) is -1.00. The number of carbonyl (C=O) groups is 2. The highest BCUT2D eigenvalue weighted by atomic mass is 16.6. The first-order valence-corrected chi connectivity index (χ1v) is 6.96. The molecule has 2 atom stereocenters. The highest BCUT2D eigenvalue weighted by molar-refractivity contribution is 5.94. The number of aromatic nitrogens is 1. The zero-order valence-electron chi connectivity index (χ0n) is 11.9. The summed E-state index contributed by atoms with van der Waals surface area (Å²) in [5, 5.41) is 2.96. The first-order chi connectivity index (χ1) is 9.55. The van der Waals surface area contributed by atoms with Crippen molar-refractivity contribution in [2.45, 2.75) is 38.7 Å². The molecule has 0 bridgehead atoms. The minimum atomic E-state index is -1.00. The van der Waals surface area contributed by atoms with Gasteiger partial charge in [-0.15, -0.1) is 0 Å². The highest BCUT2D eigenvalue weighted by Gasteiger charge is 2.47. The summed E-state index contributed by atoms with van der Waals surface area (Å²) in [5.74, 6) is 0.123. The average molecular weight is 276 g/mol. The Balaban J connectivity index is 1.94. The number of cyclic esters (lactones) is 1. The Morgan fingerprint density at radius 3 is 3.00 bits per heavy atom. The Labute approximate surface area is 118 Å². The summed E-state index contributed by atoms with van der Waals surface area (Å²) in [6.07, 6.45) is 3.81. The molecule has 1 saturated heterocycles. The summed E-state index contributed by atoms with van der Waals surface area (Å²) >= 11 is 0. The lowest BCUT2D eigenvalue weighted by atomic mass is 9.89. The van der Waals surface area contributed by atoms with Crippen molar-refractivity contribution in [3.8, 4) is 0 Å². The highest BCUT2D eigenvalue weighted by Crippen LogP contribution is 2.34. The number of nitrogens with one attached hydrogen (secondary N) is 1. The Bertz CT molecular complexity index is 489. The second-order valence-electron chi connectivity index (χ2n) is 5.33. The summed E-state index contributed by atoms with van der Waals surface area (Å²) in [7, 11) is 0. The van der Waals surface area contributed by atoms with Crippen molar-refractivity contribution in [3.05, 3.63) is 24.4 Å². The van der Waals surface area contributed by atoms with Gasteiger partial charge in [0, 0.05) is 12.6 Å². The zero-order chi connectivity index (χ0) is 14.6. The van der Waals surface area contributed by atoms with Gasteiger partial charge in [-0.2, -0.15) is 0 Å². The normalized spacial score (nSPS) is 25.3. The molecule has 1 fully saturated rings. The molecule has 0 aromatic carbocycles. The number of Topliss-reactive ketones (excluding diaryl/α,β-unsaturated/α-hetero) is 1. The van der Waals surface area contributed by atoms with E-state index in [1.165, 1.54) is 0 Å². The van der Waals surface area contributed by atoms with E-state index in [2.05, 4.69) is 10.3 Å². The lowest BCUT2D eigenvalue weighted by Crippen LogP contribution is -2.39. The second kappa shape index (κ2) is 6.03. The van der Waals surface area contributed by atoms with E-state index in [0.717, 1.165) is 12.8 Å². The maximum absolute atomic E-state index is 12.3. The lowest BCUT2D eigenvalue weighted by Gasteiger charge is -2.21. The van der Waals surface area contributed by atoms with Crippen molar-refractivity contribution >= 4 is 17.6 Å². The van der Waals surface area contributed by atoms with E-state index in [-0.39, 0.29) is 24.2 Å². The number of ether oxygens (including phenoxy) is 1. The number of pyridine rings is 1. The number of ketones is 1. The molecule has 0 unspecified atom stereocenters. The molecular formula is C15H20N2O3. The van der Waals surface area contributed by atoms with E-state index in [4.69, 9.17) is 4.74 Å². The number of rotatable bonds is 6. The molecule has 0 amide bonds. The molecule has 1 aliphatic heterocycles. The molecular weight excluding hydrogens is 256 g/mol. The average Bonchev–Trinajstić information content (AvgIpc) is 2.74. The Kier molecular flexibility index (Phi) is 4.37. The van der Waals surface area contributed by atoms with Gasteiger partial charge in [-0.25, -0.2) is 4.98 Å². The Hall–Kier alpha value is -1.91. The third-order valence-electron chi connectivity index (χ3n) is 3.62. The molecule has 2 rings (SSSR count). The van der Waals surface area contributed by atoms with Crippen molar-refractivity contribution < 1.29 is 14.3 Å². The van der Waals surface area contributed by atoms with Crippen LogP contribution in [-0.2, 0) is 14.3 Å². The van der Waals surface area contributed by atoms with Crippen LogP contribution in [0, 0.1) is 5.92 Å². The predicted octanol–water partition coefficient (Wildman–Crippen LogP) is 2.18. The van der Waals surface area contributed by atoms with E-state index >= 15 is 0 Å². The lowest BCUT2D eigenvalue weighted by molar-refractivity contribution is -0.156. The van der Waals surface area contributed by atoms with Crippen LogP contribution in [0.4, 0.5) is 5.82 Å². The van der Waals surface area contributed by atoms with Gasteiger partial charge in [0.15, 0.2) is 11.4 Å². The van der Waals surface area contributed by atoms with Crippen molar-refractivity contribution in [2.75, 3.05) is 11.9 Å². The topological polar surface area (TPSA) is 68.3 Å².